The molecule has 3 rings (SSSR count). The van der Waals surface area contributed by atoms with Crippen LogP contribution in [0, 0.1) is 5.82 Å². The summed E-state index contributed by atoms with van der Waals surface area (Å²) in [7, 11) is 0. The van der Waals surface area contributed by atoms with Gasteiger partial charge in [0, 0.05) is 23.8 Å². The zero-order valence-corrected chi connectivity index (χ0v) is 19.5. The Hall–Kier alpha value is -3.84. The molecule has 0 atom stereocenters. The minimum absolute atomic E-state index is 0.0318. The highest BCUT2D eigenvalue weighted by Crippen LogP contribution is 2.37. The molecule has 8 heteroatoms. The third-order valence-electron chi connectivity index (χ3n) is 4.59. The molecule has 3 aromatic rings. The number of ether oxygens (including phenoxy) is 2. The Morgan fingerprint density at radius 2 is 1.53 bits per heavy atom. The molecule has 2 N–H and O–H groups in total. The smallest absolute Gasteiger partial charge is 0.255 e. The van der Waals surface area contributed by atoms with E-state index in [1.165, 1.54) is 30.4 Å². The third kappa shape index (κ3) is 6.59. The number of halogens is 2. The van der Waals surface area contributed by atoms with Crippen LogP contribution in [0.4, 0.5) is 15.8 Å². The predicted molar refractivity (Wildman–Crippen MR) is 132 cm³/mol. The standard InChI is InChI=1S/C26H24ClFN2O4/c1-3-33-23-16-22(30-26(32)18-8-6-5-7-9-18)24(34-4-2)15-21(23)29-25(31)13-11-17-10-12-20(28)19(27)14-17/h5-16H,3-4H2,1-2H3,(H,29,31)(H,30,32)/b13-11+. The van der Waals surface area contributed by atoms with E-state index in [4.69, 9.17) is 21.1 Å². The highest BCUT2D eigenvalue weighted by Gasteiger charge is 2.16. The number of nitrogens with one attached hydrogen (secondary N) is 2. The van der Waals surface area contributed by atoms with Crippen molar-refractivity contribution in [1.29, 1.82) is 0 Å². The molecule has 0 aromatic heterocycles. The lowest BCUT2D eigenvalue weighted by molar-refractivity contribution is -0.111. The first-order chi connectivity index (χ1) is 16.4. The summed E-state index contributed by atoms with van der Waals surface area (Å²) in [6, 6.07) is 16.1. The molecule has 34 heavy (non-hydrogen) atoms. The van der Waals surface area contributed by atoms with Crippen molar-refractivity contribution in [3.63, 3.8) is 0 Å². The lowest BCUT2D eigenvalue weighted by atomic mass is 10.2. The molecule has 176 valence electrons. The van der Waals surface area contributed by atoms with Gasteiger partial charge in [-0.1, -0.05) is 35.9 Å². The summed E-state index contributed by atoms with van der Waals surface area (Å²) >= 11 is 5.78. The monoisotopic (exact) mass is 482 g/mol. The molecule has 0 spiro atoms. The fourth-order valence-electron chi connectivity index (χ4n) is 3.05. The van der Waals surface area contributed by atoms with Gasteiger partial charge in [-0.05, 0) is 49.8 Å². The number of amides is 2. The molecule has 0 unspecified atom stereocenters. The average Bonchev–Trinajstić information content (AvgIpc) is 2.83. The van der Waals surface area contributed by atoms with Crippen LogP contribution >= 0.6 is 11.6 Å². The Kier molecular flexibility index (Phi) is 8.65. The van der Waals surface area contributed by atoms with Crippen molar-refractivity contribution in [2.45, 2.75) is 13.8 Å². The maximum absolute atomic E-state index is 13.3. The number of carbonyl (C=O) groups is 2. The maximum Gasteiger partial charge on any atom is 0.255 e. The van der Waals surface area contributed by atoms with Crippen molar-refractivity contribution < 1.29 is 23.5 Å². The lowest BCUT2D eigenvalue weighted by Crippen LogP contribution is -2.14. The van der Waals surface area contributed by atoms with Crippen LogP contribution in [0.3, 0.4) is 0 Å². The van der Waals surface area contributed by atoms with E-state index in [-0.39, 0.29) is 10.9 Å². The zero-order chi connectivity index (χ0) is 24.5. The number of rotatable bonds is 9. The van der Waals surface area contributed by atoms with Crippen molar-refractivity contribution in [2.24, 2.45) is 0 Å². The second-order valence-electron chi connectivity index (χ2n) is 7.03. The highest BCUT2D eigenvalue weighted by molar-refractivity contribution is 6.30. The van der Waals surface area contributed by atoms with Crippen molar-refractivity contribution in [3.8, 4) is 11.5 Å². The molecule has 6 nitrogen and oxygen atoms in total. The number of hydrogen-bond donors (Lipinski definition) is 2. The van der Waals surface area contributed by atoms with Crippen molar-refractivity contribution >= 4 is 40.9 Å². The summed E-state index contributed by atoms with van der Waals surface area (Å²) in [5.41, 5.74) is 1.84. The van der Waals surface area contributed by atoms with Gasteiger partial charge in [-0.2, -0.15) is 0 Å². The first-order valence-electron chi connectivity index (χ1n) is 10.7. The fourth-order valence-corrected chi connectivity index (χ4v) is 3.24. The Morgan fingerprint density at radius 3 is 2.12 bits per heavy atom. The van der Waals surface area contributed by atoms with Gasteiger partial charge in [0.2, 0.25) is 5.91 Å². The molecule has 0 heterocycles. The zero-order valence-electron chi connectivity index (χ0n) is 18.7. The minimum Gasteiger partial charge on any atom is -0.492 e. The SMILES string of the molecule is CCOc1cc(NC(=O)c2ccccc2)c(OCC)cc1NC(=O)/C=C/c1ccc(F)c(Cl)c1. The predicted octanol–water partition coefficient (Wildman–Crippen LogP) is 6.18. The molecule has 0 saturated carbocycles. The molecule has 0 radical (unpaired) electrons. The van der Waals surface area contributed by atoms with Crippen molar-refractivity contribution in [2.75, 3.05) is 23.8 Å². The van der Waals surface area contributed by atoms with E-state index in [0.29, 0.717) is 47.2 Å². The van der Waals surface area contributed by atoms with Gasteiger partial charge in [0.25, 0.3) is 5.91 Å². The van der Waals surface area contributed by atoms with Crippen LogP contribution in [0.5, 0.6) is 11.5 Å². The summed E-state index contributed by atoms with van der Waals surface area (Å²) in [4.78, 5) is 25.2. The van der Waals surface area contributed by atoms with E-state index in [0.717, 1.165) is 0 Å². The average molecular weight is 483 g/mol. The van der Waals surface area contributed by atoms with Crippen LogP contribution in [-0.2, 0) is 4.79 Å². The van der Waals surface area contributed by atoms with Gasteiger partial charge in [-0.3, -0.25) is 9.59 Å². The maximum atomic E-state index is 13.3. The molecule has 0 aliphatic rings. The summed E-state index contributed by atoms with van der Waals surface area (Å²) in [6.07, 6.45) is 2.81. The van der Waals surface area contributed by atoms with Crippen LogP contribution in [0.15, 0.2) is 66.7 Å². The summed E-state index contributed by atoms with van der Waals surface area (Å²) < 4.78 is 24.7. The third-order valence-corrected chi connectivity index (χ3v) is 4.88. The molecule has 0 bridgehead atoms. The Labute approximate surface area is 202 Å². The molecular formula is C26H24ClFN2O4. The largest absolute Gasteiger partial charge is 0.492 e. The van der Waals surface area contributed by atoms with Crippen LogP contribution in [0.25, 0.3) is 6.08 Å². The summed E-state index contributed by atoms with van der Waals surface area (Å²) in [6.45, 7) is 4.31. The first kappa shape index (κ1) is 24.8. The molecule has 3 aromatic carbocycles. The van der Waals surface area contributed by atoms with Crippen LogP contribution < -0.4 is 20.1 Å². The molecule has 0 aliphatic carbocycles. The molecule has 0 fully saturated rings. The molecule has 0 aliphatic heterocycles. The van der Waals surface area contributed by atoms with Gasteiger partial charge in [0.1, 0.15) is 17.3 Å². The quantitative estimate of drug-likeness (QED) is 0.357. The van der Waals surface area contributed by atoms with Crippen molar-refractivity contribution in [1.82, 2.24) is 0 Å². The Morgan fingerprint density at radius 1 is 0.912 bits per heavy atom. The van der Waals surface area contributed by atoms with Gasteiger partial charge in [0.05, 0.1) is 29.6 Å². The van der Waals surface area contributed by atoms with Crippen LogP contribution in [0.2, 0.25) is 5.02 Å². The van der Waals surface area contributed by atoms with Gasteiger partial charge in [-0.15, -0.1) is 0 Å². The van der Waals surface area contributed by atoms with Crippen molar-refractivity contribution in [3.05, 3.63) is 88.7 Å². The minimum atomic E-state index is -0.535. The Balaban J connectivity index is 1.85. The second-order valence-corrected chi connectivity index (χ2v) is 7.43. The van der Waals surface area contributed by atoms with Gasteiger partial charge >= 0.3 is 0 Å². The van der Waals surface area contributed by atoms with Crippen LogP contribution in [-0.4, -0.2) is 25.0 Å². The molecule has 0 saturated heterocycles. The highest BCUT2D eigenvalue weighted by atomic mass is 35.5. The second kappa shape index (κ2) is 11.9. The number of benzene rings is 3. The number of carbonyl (C=O) groups excluding carboxylic acids is 2. The topological polar surface area (TPSA) is 76.7 Å². The van der Waals surface area contributed by atoms with E-state index in [9.17, 15) is 14.0 Å². The van der Waals surface area contributed by atoms with Gasteiger partial charge in [0.15, 0.2) is 0 Å². The van der Waals surface area contributed by atoms with Crippen LogP contribution in [0.1, 0.15) is 29.8 Å². The fraction of sp³-hybridized carbons (Fsp3) is 0.154. The first-order valence-corrected chi connectivity index (χ1v) is 11.0. The van der Waals surface area contributed by atoms with Gasteiger partial charge < -0.3 is 20.1 Å². The van der Waals surface area contributed by atoms with E-state index in [1.54, 1.807) is 36.4 Å². The summed E-state index contributed by atoms with van der Waals surface area (Å²) in [5.74, 6) is -0.542. The van der Waals surface area contributed by atoms with E-state index in [1.807, 2.05) is 19.9 Å². The van der Waals surface area contributed by atoms with E-state index >= 15 is 0 Å². The number of hydrogen-bond acceptors (Lipinski definition) is 4. The van der Waals surface area contributed by atoms with Gasteiger partial charge in [-0.25, -0.2) is 4.39 Å². The summed E-state index contributed by atoms with van der Waals surface area (Å²) in [5, 5.41) is 5.55. The van der Waals surface area contributed by atoms with E-state index in [2.05, 4.69) is 10.6 Å². The molecular weight excluding hydrogens is 459 g/mol. The Bertz CT molecular complexity index is 1200. The lowest BCUT2D eigenvalue weighted by Gasteiger charge is -2.17. The normalized spacial score (nSPS) is 10.7. The van der Waals surface area contributed by atoms with E-state index < -0.39 is 11.7 Å². The number of anilines is 2. The molecule has 2 amide bonds.